The van der Waals surface area contributed by atoms with Gasteiger partial charge in [-0.15, -0.1) is 0 Å². The van der Waals surface area contributed by atoms with Gasteiger partial charge < -0.3 is 25.2 Å². The molecule has 0 spiro atoms. The Morgan fingerprint density at radius 2 is 2.15 bits per heavy atom. The maximum absolute atomic E-state index is 12.0. The van der Waals surface area contributed by atoms with Gasteiger partial charge in [-0.05, 0) is 17.7 Å². The van der Waals surface area contributed by atoms with E-state index in [1.54, 1.807) is 30.1 Å². The number of ether oxygens (including phenoxy) is 2. The Labute approximate surface area is 119 Å². The zero-order valence-electron chi connectivity index (χ0n) is 12.1. The standard InChI is InChI=1S/C14H22N2O4/c1-16(14(18)7-11(8-15)19-2)9-10-4-5-13(20-3)12(17)6-10/h4-6,11,17H,7-9,15H2,1-3H3. The summed E-state index contributed by atoms with van der Waals surface area (Å²) < 4.78 is 10.1. The van der Waals surface area contributed by atoms with Crippen molar-refractivity contribution in [2.45, 2.75) is 19.1 Å². The molecule has 1 amide bonds. The first-order chi connectivity index (χ1) is 9.51. The van der Waals surface area contributed by atoms with Gasteiger partial charge in [-0.2, -0.15) is 0 Å². The van der Waals surface area contributed by atoms with Crippen molar-refractivity contribution in [1.82, 2.24) is 4.90 Å². The van der Waals surface area contributed by atoms with Crippen molar-refractivity contribution in [2.24, 2.45) is 5.73 Å². The number of hydrogen-bond donors (Lipinski definition) is 2. The molecule has 1 aromatic carbocycles. The molecule has 0 saturated heterocycles. The zero-order valence-corrected chi connectivity index (χ0v) is 12.1. The third-order valence-corrected chi connectivity index (χ3v) is 3.09. The van der Waals surface area contributed by atoms with Crippen molar-refractivity contribution in [2.75, 3.05) is 27.8 Å². The van der Waals surface area contributed by atoms with Crippen LogP contribution in [0, 0.1) is 0 Å². The number of phenols is 1. The van der Waals surface area contributed by atoms with Crippen molar-refractivity contribution in [3.8, 4) is 11.5 Å². The molecule has 1 atom stereocenters. The number of rotatable bonds is 7. The fraction of sp³-hybridized carbons (Fsp3) is 0.500. The summed E-state index contributed by atoms with van der Waals surface area (Å²) in [6.45, 7) is 0.705. The molecule has 1 unspecified atom stereocenters. The monoisotopic (exact) mass is 282 g/mol. The predicted molar refractivity (Wildman–Crippen MR) is 75.6 cm³/mol. The minimum atomic E-state index is -0.269. The molecule has 0 aliphatic heterocycles. The summed E-state index contributed by atoms with van der Waals surface area (Å²) in [4.78, 5) is 13.6. The maximum Gasteiger partial charge on any atom is 0.225 e. The number of carbonyl (C=O) groups is 1. The largest absolute Gasteiger partial charge is 0.504 e. The molecule has 0 saturated carbocycles. The van der Waals surface area contributed by atoms with Crippen molar-refractivity contribution in [3.63, 3.8) is 0 Å². The van der Waals surface area contributed by atoms with Crippen LogP contribution in [0.3, 0.4) is 0 Å². The highest BCUT2D eigenvalue weighted by atomic mass is 16.5. The second-order valence-corrected chi connectivity index (χ2v) is 4.55. The fourth-order valence-corrected chi connectivity index (χ4v) is 1.81. The van der Waals surface area contributed by atoms with E-state index < -0.39 is 0 Å². The Hall–Kier alpha value is -1.79. The molecule has 20 heavy (non-hydrogen) atoms. The first kappa shape index (κ1) is 16.3. The van der Waals surface area contributed by atoms with E-state index in [-0.39, 0.29) is 24.2 Å². The van der Waals surface area contributed by atoms with Gasteiger partial charge in [0.25, 0.3) is 0 Å². The predicted octanol–water partition coefficient (Wildman–Crippen LogP) is 0.723. The molecule has 6 nitrogen and oxygen atoms in total. The van der Waals surface area contributed by atoms with E-state index in [0.29, 0.717) is 18.8 Å². The minimum Gasteiger partial charge on any atom is -0.504 e. The summed E-state index contributed by atoms with van der Waals surface area (Å²) in [7, 11) is 4.72. The zero-order chi connectivity index (χ0) is 15.1. The first-order valence-electron chi connectivity index (χ1n) is 6.34. The summed E-state index contributed by atoms with van der Waals surface area (Å²) in [5.74, 6) is 0.408. The topological polar surface area (TPSA) is 85.0 Å². The van der Waals surface area contributed by atoms with Crippen molar-refractivity contribution in [1.29, 1.82) is 0 Å². The number of benzene rings is 1. The molecule has 1 rings (SSSR count). The second-order valence-electron chi connectivity index (χ2n) is 4.55. The number of carbonyl (C=O) groups excluding carboxylic acids is 1. The van der Waals surface area contributed by atoms with E-state index in [2.05, 4.69) is 0 Å². The highest BCUT2D eigenvalue weighted by molar-refractivity contribution is 5.76. The molecule has 6 heteroatoms. The first-order valence-corrected chi connectivity index (χ1v) is 6.34. The average Bonchev–Trinajstić information content (AvgIpc) is 2.44. The number of phenolic OH excluding ortho intramolecular Hbond substituents is 1. The number of methoxy groups -OCH3 is 2. The van der Waals surface area contributed by atoms with E-state index in [0.717, 1.165) is 5.56 Å². The summed E-state index contributed by atoms with van der Waals surface area (Å²) in [5.41, 5.74) is 6.31. The Bertz CT molecular complexity index is 447. The van der Waals surface area contributed by atoms with Gasteiger partial charge in [0.15, 0.2) is 11.5 Å². The van der Waals surface area contributed by atoms with Crippen LogP contribution in [0.5, 0.6) is 11.5 Å². The molecule has 0 heterocycles. The maximum atomic E-state index is 12.0. The van der Waals surface area contributed by atoms with Crippen LogP contribution in [-0.2, 0) is 16.1 Å². The average molecular weight is 282 g/mol. The minimum absolute atomic E-state index is 0.0578. The lowest BCUT2D eigenvalue weighted by atomic mass is 10.1. The number of aromatic hydroxyl groups is 1. The van der Waals surface area contributed by atoms with Crippen molar-refractivity contribution >= 4 is 5.91 Å². The van der Waals surface area contributed by atoms with E-state index in [9.17, 15) is 9.90 Å². The van der Waals surface area contributed by atoms with Crippen LogP contribution in [0.2, 0.25) is 0 Å². The molecular weight excluding hydrogens is 260 g/mol. The van der Waals surface area contributed by atoms with E-state index >= 15 is 0 Å². The highest BCUT2D eigenvalue weighted by Gasteiger charge is 2.16. The van der Waals surface area contributed by atoms with Crippen molar-refractivity contribution < 1.29 is 19.4 Å². The lowest BCUT2D eigenvalue weighted by Gasteiger charge is -2.20. The summed E-state index contributed by atoms with van der Waals surface area (Å²) >= 11 is 0. The third kappa shape index (κ3) is 4.40. The van der Waals surface area contributed by atoms with E-state index in [1.807, 2.05) is 0 Å². The number of amides is 1. The van der Waals surface area contributed by atoms with Gasteiger partial charge in [0.1, 0.15) is 0 Å². The van der Waals surface area contributed by atoms with Crippen LogP contribution in [0.15, 0.2) is 18.2 Å². The van der Waals surface area contributed by atoms with Gasteiger partial charge in [0.05, 0.1) is 19.6 Å². The molecular formula is C14H22N2O4. The van der Waals surface area contributed by atoms with Crippen LogP contribution >= 0.6 is 0 Å². The van der Waals surface area contributed by atoms with Gasteiger partial charge in [-0.3, -0.25) is 4.79 Å². The van der Waals surface area contributed by atoms with Crippen molar-refractivity contribution in [3.05, 3.63) is 23.8 Å². The van der Waals surface area contributed by atoms with Crippen LogP contribution in [0.4, 0.5) is 0 Å². The molecule has 0 aliphatic rings. The highest BCUT2D eigenvalue weighted by Crippen LogP contribution is 2.26. The Balaban J connectivity index is 2.63. The summed E-state index contributed by atoms with van der Waals surface area (Å²) in [6, 6.07) is 5.05. The quantitative estimate of drug-likeness (QED) is 0.770. The molecule has 112 valence electrons. The number of hydrogen-bond acceptors (Lipinski definition) is 5. The third-order valence-electron chi connectivity index (χ3n) is 3.09. The van der Waals surface area contributed by atoms with Gasteiger partial charge in [0.2, 0.25) is 5.91 Å². The fourth-order valence-electron chi connectivity index (χ4n) is 1.81. The van der Waals surface area contributed by atoms with Crippen LogP contribution in [-0.4, -0.2) is 49.8 Å². The molecule has 0 aromatic heterocycles. The van der Waals surface area contributed by atoms with E-state index in [4.69, 9.17) is 15.2 Å². The lowest BCUT2D eigenvalue weighted by molar-refractivity contribution is -0.132. The Morgan fingerprint density at radius 3 is 2.65 bits per heavy atom. The van der Waals surface area contributed by atoms with Gasteiger partial charge >= 0.3 is 0 Å². The molecule has 1 aromatic rings. The van der Waals surface area contributed by atoms with Crippen LogP contribution in [0.25, 0.3) is 0 Å². The molecule has 0 aliphatic carbocycles. The normalized spacial score (nSPS) is 12.0. The van der Waals surface area contributed by atoms with Gasteiger partial charge in [-0.1, -0.05) is 6.07 Å². The molecule has 0 fully saturated rings. The Morgan fingerprint density at radius 1 is 1.45 bits per heavy atom. The smallest absolute Gasteiger partial charge is 0.225 e. The summed E-state index contributed by atoms with van der Waals surface area (Å²) in [6.07, 6.45) is -0.0275. The number of nitrogens with zero attached hydrogens (tertiary/aromatic N) is 1. The van der Waals surface area contributed by atoms with Gasteiger partial charge in [-0.25, -0.2) is 0 Å². The molecule has 0 bridgehead atoms. The van der Waals surface area contributed by atoms with Crippen LogP contribution < -0.4 is 10.5 Å². The summed E-state index contributed by atoms with van der Waals surface area (Å²) in [5, 5.41) is 9.70. The lowest BCUT2D eigenvalue weighted by Crippen LogP contribution is -2.33. The Kier molecular flexibility index (Phi) is 6.27. The molecule has 0 radical (unpaired) electrons. The van der Waals surface area contributed by atoms with Crippen LogP contribution in [0.1, 0.15) is 12.0 Å². The molecule has 3 N–H and O–H groups in total. The second kappa shape index (κ2) is 7.72. The van der Waals surface area contributed by atoms with Gasteiger partial charge in [0, 0.05) is 27.2 Å². The SMILES string of the molecule is COc1ccc(CN(C)C(=O)CC(CN)OC)cc1O. The van der Waals surface area contributed by atoms with E-state index in [1.165, 1.54) is 14.2 Å². The number of nitrogens with two attached hydrogens (primary N) is 1.